The second kappa shape index (κ2) is 3.46. The lowest BCUT2D eigenvalue weighted by atomic mass is 10.7. The molecule has 2 nitrogen and oxygen atoms in total. The molecule has 0 saturated heterocycles. The van der Waals surface area contributed by atoms with Crippen LogP contribution in [0.25, 0.3) is 0 Å². The Morgan fingerprint density at radius 3 is 2.00 bits per heavy atom. The standard InChI is InChI=1S/C3H3Cl3O2Si/c4-9(5,6)2-1-3(7)8/h1-2H,(H,7,8). The highest BCUT2D eigenvalue weighted by atomic mass is 35.8. The van der Waals surface area contributed by atoms with E-state index in [1.165, 1.54) is 0 Å². The Labute approximate surface area is 67.1 Å². The summed E-state index contributed by atoms with van der Waals surface area (Å²) in [6, 6.07) is -2.86. The van der Waals surface area contributed by atoms with Crippen molar-refractivity contribution in [3.8, 4) is 0 Å². The highest BCUT2D eigenvalue weighted by molar-refractivity contribution is 7.66. The van der Waals surface area contributed by atoms with Crippen molar-refractivity contribution in [2.24, 2.45) is 0 Å². The number of hydrogen-bond acceptors (Lipinski definition) is 1. The van der Waals surface area contributed by atoms with Gasteiger partial charge in [-0.1, -0.05) is 0 Å². The van der Waals surface area contributed by atoms with Gasteiger partial charge in [0.25, 0.3) is 0 Å². The van der Waals surface area contributed by atoms with Gasteiger partial charge in [-0.2, -0.15) is 0 Å². The molecular formula is C3H3Cl3O2Si. The third-order valence-corrected chi connectivity index (χ3v) is 2.09. The molecule has 0 bridgehead atoms. The smallest absolute Gasteiger partial charge is 0.365 e. The minimum Gasteiger partial charge on any atom is -0.478 e. The van der Waals surface area contributed by atoms with Gasteiger partial charge in [-0.15, -0.1) is 33.2 Å². The third kappa shape index (κ3) is 8.30. The van der Waals surface area contributed by atoms with Crippen molar-refractivity contribution < 1.29 is 9.90 Å². The fraction of sp³-hybridized carbons (Fsp3) is 0. The highest BCUT2D eigenvalue weighted by Crippen LogP contribution is 2.20. The zero-order valence-electron chi connectivity index (χ0n) is 4.14. The van der Waals surface area contributed by atoms with E-state index in [4.69, 9.17) is 38.3 Å². The number of carboxylic acid groups (broad SMARTS) is 1. The van der Waals surface area contributed by atoms with E-state index >= 15 is 0 Å². The molecule has 0 radical (unpaired) electrons. The number of hydrogen-bond donors (Lipinski definition) is 1. The van der Waals surface area contributed by atoms with Crippen LogP contribution in [0.1, 0.15) is 0 Å². The molecule has 0 saturated carbocycles. The van der Waals surface area contributed by atoms with E-state index in [9.17, 15) is 4.79 Å². The predicted octanol–water partition coefficient (Wildman–Crippen LogP) is 1.82. The van der Waals surface area contributed by atoms with E-state index in [-0.39, 0.29) is 0 Å². The van der Waals surface area contributed by atoms with Crippen LogP contribution in [0.3, 0.4) is 0 Å². The van der Waals surface area contributed by atoms with E-state index in [0.29, 0.717) is 0 Å². The number of aliphatic carboxylic acids is 1. The van der Waals surface area contributed by atoms with Crippen molar-refractivity contribution in [1.82, 2.24) is 0 Å². The van der Waals surface area contributed by atoms with Gasteiger partial charge in [0.05, 0.1) is 0 Å². The topological polar surface area (TPSA) is 37.3 Å². The molecule has 0 aliphatic heterocycles. The molecule has 0 fully saturated rings. The van der Waals surface area contributed by atoms with E-state index in [1.54, 1.807) is 0 Å². The third-order valence-electron chi connectivity index (χ3n) is 0.415. The molecular weight excluding hydrogens is 202 g/mol. The normalized spacial score (nSPS) is 12.3. The first-order valence-corrected chi connectivity index (χ1v) is 7.02. The van der Waals surface area contributed by atoms with Crippen LogP contribution in [0.5, 0.6) is 0 Å². The predicted molar refractivity (Wildman–Crippen MR) is 40.1 cm³/mol. The number of carbonyl (C=O) groups is 1. The summed E-state index contributed by atoms with van der Waals surface area (Å²) < 4.78 is 0. The van der Waals surface area contributed by atoms with Crippen molar-refractivity contribution in [1.29, 1.82) is 0 Å². The molecule has 0 rings (SSSR count). The molecule has 0 aliphatic rings. The molecule has 0 amide bonds. The Bertz CT molecular complexity index is 138. The van der Waals surface area contributed by atoms with E-state index in [2.05, 4.69) is 0 Å². The fourth-order valence-corrected chi connectivity index (χ4v) is 1.06. The molecule has 0 spiro atoms. The van der Waals surface area contributed by atoms with Gasteiger partial charge in [0.2, 0.25) is 0 Å². The fourth-order valence-electron chi connectivity index (χ4n) is 0.166. The van der Waals surface area contributed by atoms with E-state index < -0.39 is 12.0 Å². The molecule has 0 aromatic heterocycles. The molecule has 0 heterocycles. The second-order valence-electron chi connectivity index (χ2n) is 1.21. The van der Waals surface area contributed by atoms with Gasteiger partial charge in [-0.3, -0.25) is 0 Å². The van der Waals surface area contributed by atoms with Gasteiger partial charge < -0.3 is 5.11 Å². The van der Waals surface area contributed by atoms with E-state index in [0.717, 1.165) is 11.8 Å². The first kappa shape index (κ1) is 9.30. The summed E-state index contributed by atoms with van der Waals surface area (Å²) in [5, 5.41) is 8.04. The lowest BCUT2D eigenvalue weighted by Gasteiger charge is -1.95. The van der Waals surface area contributed by atoms with Gasteiger partial charge in [0.15, 0.2) is 0 Å². The number of halogens is 3. The number of rotatable bonds is 2. The van der Waals surface area contributed by atoms with Crippen molar-refractivity contribution >= 4 is 45.2 Å². The highest BCUT2D eigenvalue weighted by Gasteiger charge is 2.20. The van der Waals surface area contributed by atoms with Crippen LogP contribution in [-0.2, 0) is 4.79 Å². The monoisotopic (exact) mass is 204 g/mol. The largest absolute Gasteiger partial charge is 0.478 e. The maximum absolute atomic E-state index is 9.81. The van der Waals surface area contributed by atoms with Crippen molar-refractivity contribution in [3.63, 3.8) is 0 Å². The van der Waals surface area contributed by atoms with Gasteiger partial charge in [0.1, 0.15) is 0 Å². The van der Waals surface area contributed by atoms with E-state index in [1.807, 2.05) is 0 Å². The summed E-state index contributed by atoms with van der Waals surface area (Å²) in [6.45, 7) is 0. The van der Waals surface area contributed by atoms with Crippen molar-refractivity contribution in [2.45, 2.75) is 0 Å². The second-order valence-corrected chi connectivity index (χ2v) is 9.74. The molecule has 0 aromatic carbocycles. The van der Waals surface area contributed by atoms with Gasteiger partial charge >= 0.3 is 12.0 Å². The van der Waals surface area contributed by atoms with Gasteiger partial charge in [-0.25, -0.2) is 4.79 Å². The minimum absolute atomic E-state index is 0.833. The Kier molecular flexibility index (Phi) is 3.58. The van der Waals surface area contributed by atoms with Crippen molar-refractivity contribution in [3.05, 3.63) is 11.8 Å². The van der Waals surface area contributed by atoms with Crippen LogP contribution < -0.4 is 0 Å². The Hall–Kier alpha value is 0.297. The minimum atomic E-state index is -2.86. The summed E-state index contributed by atoms with van der Waals surface area (Å²) in [4.78, 5) is 9.81. The average Bonchev–Trinajstić information content (AvgIpc) is 1.59. The van der Waals surface area contributed by atoms with Crippen LogP contribution >= 0.6 is 33.2 Å². The van der Waals surface area contributed by atoms with Crippen LogP contribution in [-0.4, -0.2) is 17.1 Å². The summed E-state index contributed by atoms with van der Waals surface area (Å²) in [5.74, 6) is -1.10. The molecule has 52 valence electrons. The van der Waals surface area contributed by atoms with Crippen molar-refractivity contribution in [2.75, 3.05) is 0 Å². The molecule has 0 atom stereocenters. The Morgan fingerprint density at radius 1 is 1.44 bits per heavy atom. The first-order valence-electron chi connectivity index (χ1n) is 1.91. The summed E-state index contributed by atoms with van der Waals surface area (Å²) >= 11 is 15.9. The van der Waals surface area contributed by atoms with Gasteiger partial charge in [0, 0.05) is 6.08 Å². The van der Waals surface area contributed by atoms with Crippen LogP contribution in [0.15, 0.2) is 11.8 Å². The quantitative estimate of drug-likeness (QED) is 0.424. The molecule has 0 aromatic rings. The summed E-state index contributed by atoms with van der Waals surface area (Å²) in [5.41, 5.74) is 1.10. The molecule has 1 N–H and O–H groups in total. The molecule has 6 heteroatoms. The zero-order chi connectivity index (χ0) is 7.49. The number of carboxylic acids is 1. The molecule has 0 aliphatic carbocycles. The summed E-state index contributed by atoms with van der Waals surface area (Å²) in [7, 11) is 0. The van der Waals surface area contributed by atoms with Crippen LogP contribution in [0, 0.1) is 0 Å². The zero-order valence-corrected chi connectivity index (χ0v) is 7.41. The maximum Gasteiger partial charge on any atom is 0.365 e. The molecule has 0 unspecified atom stereocenters. The van der Waals surface area contributed by atoms with Gasteiger partial charge in [-0.05, 0) is 5.70 Å². The lowest BCUT2D eigenvalue weighted by Crippen LogP contribution is -2.04. The lowest BCUT2D eigenvalue weighted by molar-refractivity contribution is -0.131. The SMILES string of the molecule is O=C(O)C=C[Si](Cl)(Cl)Cl. The van der Waals surface area contributed by atoms with Crippen LogP contribution in [0.2, 0.25) is 0 Å². The first-order chi connectivity index (χ1) is 3.92. The van der Waals surface area contributed by atoms with Crippen LogP contribution in [0.4, 0.5) is 0 Å². The Balaban J connectivity index is 3.86. The summed E-state index contributed by atoms with van der Waals surface area (Å²) in [6.07, 6.45) is 0.833. The Morgan fingerprint density at radius 2 is 1.89 bits per heavy atom. The molecule has 9 heavy (non-hydrogen) atoms. The average molecular weight is 206 g/mol. The maximum atomic E-state index is 9.81.